The van der Waals surface area contributed by atoms with Crippen molar-refractivity contribution in [3.05, 3.63) is 28.8 Å². The van der Waals surface area contributed by atoms with Crippen molar-refractivity contribution in [2.75, 3.05) is 13.2 Å². The van der Waals surface area contributed by atoms with E-state index in [0.29, 0.717) is 22.9 Å². The van der Waals surface area contributed by atoms with Crippen LogP contribution in [-0.2, 0) is 5.60 Å². The van der Waals surface area contributed by atoms with Gasteiger partial charge in [-0.1, -0.05) is 17.7 Å². The second-order valence-electron chi connectivity index (χ2n) is 3.73. The molecule has 0 amide bonds. The molecule has 1 unspecified atom stereocenters. The van der Waals surface area contributed by atoms with Gasteiger partial charge in [0.25, 0.3) is 0 Å². The summed E-state index contributed by atoms with van der Waals surface area (Å²) < 4.78 is 5.31. The van der Waals surface area contributed by atoms with Gasteiger partial charge in [0.05, 0.1) is 11.6 Å². The molecule has 0 saturated carbocycles. The average molecular weight is 245 g/mol. The molecule has 16 heavy (non-hydrogen) atoms. The van der Waals surface area contributed by atoms with Gasteiger partial charge in [0, 0.05) is 6.54 Å². The first kappa shape index (κ1) is 13.3. The molecular weight excluding hydrogens is 228 g/mol. The fourth-order valence-corrected chi connectivity index (χ4v) is 1.64. The summed E-state index contributed by atoms with van der Waals surface area (Å²) in [4.78, 5) is 0. The largest absolute Gasteiger partial charge is 0.492 e. The van der Waals surface area contributed by atoms with Crippen LogP contribution in [0.1, 0.15) is 19.4 Å². The zero-order valence-electron chi connectivity index (χ0n) is 9.46. The van der Waals surface area contributed by atoms with Crippen LogP contribution in [0.3, 0.4) is 0 Å². The van der Waals surface area contributed by atoms with E-state index >= 15 is 0 Å². The van der Waals surface area contributed by atoms with Crippen LogP contribution in [0, 0.1) is 0 Å². The molecule has 0 aliphatic heterocycles. The van der Waals surface area contributed by atoms with Crippen molar-refractivity contribution in [2.45, 2.75) is 19.4 Å². The van der Waals surface area contributed by atoms with E-state index < -0.39 is 5.60 Å². The van der Waals surface area contributed by atoms with Gasteiger partial charge in [-0.15, -0.1) is 0 Å². The SMILES string of the molecule is CCOc1ccc(C(C)(O)CNN)cc1Cl. The van der Waals surface area contributed by atoms with Gasteiger partial charge in [-0.05, 0) is 31.5 Å². The third-order valence-electron chi connectivity index (χ3n) is 2.30. The van der Waals surface area contributed by atoms with Crippen molar-refractivity contribution in [1.82, 2.24) is 5.43 Å². The van der Waals surface area contributed by atoms with Crippen LogP contribution < -0.4 is 16.0 Å². The lowest BCUT2D eigenvalue weighted by Gasteiger charge is -2.23. The van der Waals surface area contributed by atoms with Gasteiger partial charge in [-0.3, -0.25) is 11.3 Å². The Balaban J connectivity index is 2.96. The van der Waals surface area contributed by atoms with E-state index in [1.807, 2.05) is 6.92 Å². The third-order valence-corrected chi connectivity index (χ3v) is 2.60. The molecule has 1 rings (SSSR count). The third kappa shape index (κ3) is 3.09. The molecule has 0 fully saturated rings. The average Bonchev–Trinajstić information content (AvgIpc) is 2.21. The fraction of sp³-hybridized carbons (Fsp3) is 0.455. The Hall–Kier alpha value is -0.810. The van der Waals surface area contributed by atoms with Gasteiger partial charge in [0.2, 0.25) is 0 Å². The maximum atomic E-state index is 10.1. The standard InChI is InChI=1S/C11H17ClN2O2/c1-3-16-10-5-4-8(6-9(10)12)11(2,15)7-14-13/h4-6,14-15H,3,7,13H2,1-2H3. The molecule has 4 N–H and O–H groups in total. The van der Waals surface area contributed by atoms with Gasteiger partial charge in [0.1, 0.15) is 11.4 Å². The summed E-state index contributed by atoms with van der Waals surface area (Å²) >= 11 is 6.03. The van der Waals surface area contributed by atoms with Crippen LogP contribution in [0.15, 0.2) is 18.2 Å². The Morgan fingerprint density at radius 2 is 2.25 bits per heavy atom. The Morgan fingerprint density at radius 3 is 2.75 bits per heavy atom. The lowest BCUT2D eigenvalue weighted by molar-refractivity contribution is 0.0572. The van der Waals surface area contributed by atoms with Crippen molar-refractivity contribution < 1.29 is 9.84 Å². The molecule has 0 spiro atoms. The van der Waals surface area contributed by atoms with Crippen LogP contribution in [0.2, 0.25) is 5.02 Å². The summed E-state index contributed by atoms with van der Waals surface area (Å²) in [6.45, 7) is 4.36. The maximum Gasteiger partial charge on any atom is 0.137 e. The van der Waals surface area contributed by atoms with E-state index in [2.05, 4.69) is 5.43 Å². The summed E-state index contributed by atoms with van der Waals surface area (Å²) in [5.74, 6) is 5.82. The van der Waals surface area contributed by atoms with Crippen molar-refractivity contribution in [1.29, 1.82) is 0 Å². The van der Waals surface area contributed by atoms with Crippen LogP contribution in [0.5, 0.6) is 5.75 Å². The van der Waals surface area contributed by atoms with E-state index in [4.69, 9.17) is 22.2 Å². The number of nitrogens with two attached hydrogens (primary N) is 1. The minimum Gasteiger partial charge on any atom is -0.492 e. The minimum atomic E-state index is -1.05. The Labute approximate surface area is 100 Å². The molecule has 0 heterocycles. The number of benzene rings is 1. The first-order chi connectivity index (χ1) is 7.51. The molecule has 1 aromatic rings. The number of hydrogen-bond donors (Lipinski definition) is 3. The smallest absolute Gasteiger partial charge is 0.137 e. The number of nitrogens with one attached hydrogen (secondary N) is 1. The highest BCUT2D eigenvalue weighted by Crippen LogP contribution is 2.30. The second-order valence-corrected chi connectivity index (χ2v) is 4.14. The normalized spacial score (nSPS) is 14.6. The van der Waals surface area contributed by atoms with Crippen LogP contribution in [0.4, 0.5) is 0 Å². The zero-order valence-corrected chi connectivity index (χ0v) is 10.2. The predicted octanol–water partition coefficient (Wildman–Crippen LogP) is 1.41. The quantitative estimate of drug-likeness (QED) is 0.541. The molecule has 1 atom stereocenters. The Kier molecular flexibility index (Phi) is 4.56. The van der Waals surface area contributed by atoms with Crippen molar-refractivity contribution in [2.24, 2.45) is 5.84 Å². The lowest BCUT2D eigenvalue weighted by Crippen LogP contribution is -2.38. The molecule has 4 nitrogen and oxygen atoms in total. The highest BCUT2D eigenvalue weighted by Gasteiger charge is 2.23. The number of hydrogen-bond acceptors (Lipinski definition) is 4. The van der Waals surface area contributed by atoms with E-state index in [1.165, 1.54) is 0 Å². The van der Waals surface area contributed by atoms with Crippen molar-refractivity contribution in [3.63, 3.8) is 0 Å². The molecular formula is C11H17ClN2O2. The summed E-state index contributed by atoms with van der Waals surface area (Å²) in [5, 5.41) is 10.6. The zero-order chi connectivity index (χ0) is 12.2. The molecule has 0 saturated heterocycles. The summed E-state index contributed by atoms with van der Waals surface area (Å²) in [5.41, 5.74) is 2.08. The van der Waals surface area contributed by atoms with E-state index in [1.54, 1.807) is 25.1 Å². The van der Waals surface area contributed by atoms with Crippen LogP contribution >= 0.6 is 11.6 Å². The van der Waals surface area contributed by atoms with E-state index in [9.17, 15) is 5.11 Å². The van der Waals surface area contributed by atoms with Crippen molar-refractivity contribution >= 4 is 11.6 Å². The molecule has 0 aromatic heterocycles. The molecule has 0 bridgehead atoms. The summed E-state index contributed by atoms with van der Waals surface area (Å²) in [7, 11) is 0. The van der Waals surface area contributed by atoms with Crippen LogP contribution in [-0.4, -0.2) is 18.3 Å². The monoisotopic (exact) mass is 244 g/mol. The first-order valence-corrected chi connectivity index (χ1v) is 5.47. The van der Waals surface area contributed by atoms with Crippen LogP contribution in [0.25, 0.3) is 0 Å². The Morgan fingerprint density at radius 1 is 1.56 bits per heavy atom. The molecule has 0 aliphatic carbocycles. The van der Waals surface area contributed by atoms with Crippen molar-refractivity contribution in [3.8, 4) is 5.75 Å². The fourth-order valence-electron chi connectivity index (χ4n) is 1.41. The van der Waals surface area contributed by atoms with E-state index in [-0.39, 0.29) is 6.54 Å². The van der Waals surface area contributed by atoms with Gasteiger partial charge in [-0.2, -0.15) is 0 Å². The maximum absolute atomic E-state index is 10.1. The summed E-state index contributed by atoms with van der Waals surface area (Å²) in [6, 6.07) is 5.20. The number of aliphatic hydroxyl groups is 1. The molecule has 1 aromatic carbocycles. The number of ether oxygens (including phenoxy) is 1. The molecule has 0 radical (unpaired) electrons. The van der Waals surface area contributed by atoms with Gasteiger partial charge < -0.3 is 9.84 Å². The summed E-state index contributed by atoms with van der Waals surface area (Å²) in [6.07, 6.45) is 0. The highest BCUT2D eigenvalue weighted by atomic mass is 35.5. The first-order valence-electron chi connectivity index (χ1n) is 5.10. The molecule has 5 heteroatoms. The topological polar surface area (TPSA) is 67.5 Å². The van der Waals surface area contributed by atoms with Gasteiger partial charge in [0.15, 0.2) is 0 Å². The predicted molar refractivity (Wildman–Crippen MR) is 64.4 cm³/mol. The number of halogens is 1. The minimum absolute atomic E-state index is 0.247. The molecule has 90 valence electrons. The van der Waals surface area contributed by atoms with E-state index in [0.717, 1.165) is 0 Å². The second kappa shape index (κ2) is 5.50. The van der Waals surface area contributed by atoms with Gasteiger partial charge in [-0.25, -0.2) is 0 Å². The lowest BCUT2D eigenvalue weighted by atomic mass is 9.96. The van der Waals surface area contributed by atoms with Gasteiger partial charge >= 0.3 is 0 Å². The number of rotatable bonds is 5. The Bertz CT molecular complexity index is 356. The highest BCUT2D eigenvalue weighted by molar-refractivity contribution is 6.32. The molecule has 0 aliphatic rings. The number of hydrazine groups is 1.